The maximum absolute atomic E-state index is 12.9. The van der Waals surface area contributed by atoms with Gasteiger partial charge in [0.05, 0.1) is 11.5 Å². The topological polar surface area (TPSA) is 23.8 Å². The minimum absolute atomic E-state index is 0.318. The van der Waals surface area contributed by atoms with Crippen LogP contribution in [0.25, 0.3) is 0 Å². The van der Waals surface area contributed by atoms with Gasteiger partial charge in [0.1, 0.15) is 5.82 Å². The highest BCUT2D eigenvalue weighted by Crippen LogP contribution is 2.29. The molecule has 0 aliphatic rings. The molecule has 0 amide bonds. The van der Waals surface area contributed by atoms with Gasteiger partial charge >= 0.3 is 0 Å². The molecule has 0 aliphatic heterocycles. The molecule has 0 heterocycles. The SMILES string of the molecule is CC(C)(C#N)c1cc(F)ccc1Br. The fourth-order valence-corrected chi connectivity index (χ4v) is 1.78. The minimum Gasteiger partial charge on any atom is -0.207 e. The fourth-order valence-electron chi connectivity index (χ4n) is 1.04. The maximum Gasteiger partial charge on any atom is 0.123 e. The Bertz CT molecular complexity index is 366. The Morgan fingerprint density at radius 3 is 2.62 bits per heavy atom. The predicted molar refractivity (Wildman–Crippen MR) is 52.7 cm³/mol. The molecule has 3 heteroatoms. The molecule has 0 spiro atoms. The first kappa shape index (κ1) is 10.2. The number of hydrogen-bond donors (Lipinski definition) is 0. The van der Waals surface area contributed by atoms with Crippen LogP contribution in [-0.2, 0) is 5.41 Å². The lowest BCUT2D eigenvalue weighted by Crippen LogP contribution is -2.14. The van der Waals surface area contributed by atoms with E-state index in [2.05, 4.69) is 22.0 Å². The summed E-state index contributed by atoms with van der Waals surface area (Å²) in [6.45, 7) is 3.51. The Kier molecular flexibility index (Phi) is 2.72. The van der Waals surface area contributed by atoms with Gasteiger partial charge in [0.15, 0.2) is 0 Å². The van der Waals surface area contributed by atoms with E-state index in [1.54, 1.807) is 19.9 Å². The van der Waals surface area contributed by atoms with Crippen molar-refractivity contribution in [2.45, 2.75) is 19.3 Å². The predicted octanol–water partition coefficient (Wildman–Crippen LogP) is 3.39. The number of benzene rings is 1. The van der Waals surface area contributed by atoms with Crippen LogP contribution >= 0.6 is 15.9 Å². The van der Waals surface area contributed by atoms with E-state index in [1.807, 2.05) is 0 Å². The van der Waals surface area contributed by atoms with Crippen molar-refractivity contribution in [1.82, 2.24) is 0 Å². The summed E-state index contributed by atoms with van der Waals surface area (Å²) >= 11 is 3.29. The standard InChI is InChI=1S/C10H9BrFN/c1-10(2,6-13)8-5-7(12)3-4-9(8)11/h3-5H,1-2H3. The first-order chi connectivity index (χ1) is 5.97. The fraction of sp³-hybridized carbons (Fsp3) is 0.300. The van der Waals surface area contributed by atoms with Crippen LogP contribution < -0.4 is 0 Å². The molecule has 1 rings (SSSR count). The van der Waals surface area contributed by atoms with Gasteiger partial charge in [-0.2, -0.15) is 5.26 Å². The molecule has 0 unspecified atom stereocenters. The lowest BCUT2D eigenvalue weighted by Gasteiger charge is -2.17. The third-order valence-corrected chi connectivity index (χ3v) is 2.57. The first-order valence-corrected chi connectivity index (χ1v) is 4.63. The van der Waals surface area contributed by atoms with E-state index in [-0.39, 0.29) is 5.82 Å². The van der Waals surface area contributed by atoms with Gasteiger partial charge in [-0.25, -0.2) is 4.39 Å². The highest BCUT2D eigenvalue weighted by molar-refractivity contribution is 9.10. The van der Waals surface area contributed by atoms with Crippen LogP contribution in [0.15, 0.2) is 22.7 Å². The molecule has 1 aromatic carbocycles. The van der Waals surface area contributed by atoms with Crippen LogP contribution in [0.4, 0.5) is 4.39 Å². The van der Waals surface area contributed by atoms with Crippen LogP contribution in [0.2, 0.25) is 0 Å². The van der Waals surface area contributed by atoms with Crippen LogP contribution in [0, 0.1) is 17.1 Å². The second kappa shape index (κ2) is 3.47. The summed E-state index contributed by atoms with van der Waals surface area (Å²) in [5.74, 6) is -0.318. The van der Waals surface area contributed by atoms with Crippen molar-refractivity contribution in [3.63, 3.8) is 0 Å². The molecular weight excluding hydrogens is 233 g/mol. The summed E-state index contributed by atoms with van der Waals surface area (Å²) in [6, 6.07) is 6.49. The minimum atomic E-state index is -0.666. The zero-order valence-electron chi connectivity index (χ0n) is 7.44. The largest absolute Gasteiger partial charge is 0.207 e. The molecule has 13 heavy (non-hydrogen) atoms. The van der Waals surface area contributed by atoms with Crippen molar-refractivity contribution in [1.29, 1.82) is 5.26 Å². The van der Waals surface area contributed by atoms with Crippen molar-refractivity contribution in [3.8, 4) is 6.07 Å². The van der Waals surface area contributed by atoms with Gasteiger partial charge < -0.3 is 0 Å². The normalized spacial score (nSPS) is 11.0. The molecule has 0 aliphatic carbocycles. The summed E-state index contributed by atoms with van der Waals surface area (Å²) in [7, 11) is 0. The zero-order valence-corrected chi connectivity index (χ0v) is 9.02. The van der Waals surface area contributed by atoms with Crippen molar-refractivity contribution in [3.05, 3.63) is 34.1 Å². The van der Waals surface area contributed by atoms with E-state index in [4.69, 9.17) is 5.26 Å². The quantitative estimate of drug-likeness (QED) is 0.740. The molecule has 1 aromatic rings. The van der Waals surface area contributed by atoms with Crippen LogP contribution in [0.1, 0.15) is 19.4 Å². The van der Waals surface area contributed by atoms with E-state index >= 15 is 0 Å². The molecule has 1 nitrogen and oxygen atoms in total. The second-order valence-electron chi connectivity index (χ2n) is 3.36. The van der Waals surface area contributed by atoms with E-state index in [1.165, 1.54) is 12.1 Å². The molecule has 0 aromatic heterocycles. The van der Waals surface area contributed by atoms with E-state index in [9.17, 15) is 4.39 Å². The summed E-state index contributed by atoms with van der Waals surface area (Å²) in [5, 5.41) is 8.87. The number of hydrogen-bond acceptors (Lipinski definition) is 1. The third-order valence-electron chi connectivity index (χ3n) is 1.88. The number of halogens is 2. The maximum atomic E-state index is 12.9. The molecule has 0 saturated heterocycles. The molecule has 0 bridgehead atoms. The Labute approximate surface area is 85.3 Å². The van der Waals surface area contributed by atoms with Gasteiger partial charge in [-0.05, 0) is 37.6 Å². The monoisotopic (exact) mass is 241 g/mol. The van der Waals surface area contributed by atoms with Crippen LogP contribution in [0.5, 0.6) is 0 Å². The van der Waals surface area contributed by atoms with Gasteiger partial charge in [0.25, 0.3) is 0 Å². The Morgan fingerprint density at radius 2 is 2.08 bits per heavy atom. The van der Waals surface area contributed by atoms with E-state index < -0.39 is 5.41 Å². The summed E-state index contributed by atoms with van der Waals surface area (Å²) in [5.41, 5.74) is 0.0102. The molecule has 0 fully saturated rings. The van der Waals surface area contributed by atoms with Gasteiger partial charge in [0, 0.05) is 4.47 Å². The van der Waals surface area contributed by atoms with Crippen molar-refractivity contribution in [2.75, 3.05) is 0 Å². The number of nitriles is 1. The Balaban J connectivity index is 3.30. The lowest BCUT2D eigenvalue weighted by atomic mass is 9.86. The zero-order chi connectivity index (χ0) is 10.1. The van der Waals surface area contributed by atoms with Crippen molar-refractivity contribution < 1.29 is 4.39 Å². The van der Waals surface area contributed by atoms with Crippen molar-refractivity contribution >= 4 is 15.9 Å². The third kappa shape index (κ3) is 2.07. The smallest absolute Gasteiger partial charge is 0.123 e. The van der Waals surface area contributed by atoms with Crippen molar-refractivity contribution in [2.24, 2.45) is 0 Å². The van der Waals surface area contributed by atoms with E-state index in [0.29, 0.717) is 5.56 Å². The van der Waals surface area contributed by atoms with Gasteiger partial charge in [-0.1, -0.05) is 15.9 Å². The van der Waals surface area contributed by atoms with Gasteiger partial charge in [-0.3, -0.25) is 0 Å². The average Bonchev–Trinajstić information content (AvgIpc) is 2.09. The Morgan fingerprint density at radius 1 is 1.46 bits per heavy atom. The molecule has 0 radical (unpaired) electrons. The molecular formula is C10H9BrFN. The second-order valence-corrected chi connectivity index (χ2v) is 4.22. The lowest BCUT2D eigenvalue weighted by molar-refractivity contribution is 0.611. The Hall–Kier alpha value is -0.880. The number of nitrogens with zero attached hydrogens (tertiary/aromatic N) is 1. The van der Waals surface area contributed by atoms with Gasteiger partial charge in [0.2, 0.25) is 0 Å². The van der Waals surface area contributed by atoms with Gasteiger partial charge in [-0.15, -0.1) is 0 Å². The summed E-state index contributed by atoms with van der Waals surface area (Å²) in [6.07, 6.45) is 0. The molecule has 0 atom stereocenters. The van der Waals surface area contributed by atoms with Crippen LogP contribution in [0.3, 0.4) is 0 Å². The molecule has 0 N–H and O–H groups in total. The highest BCUT2D eigenvalue weighted by Gasteiger charge is 2.22. The first-order valence-electron chi connectivity index (χ1n) is 3.84. The van der Waals surface area contributed by atoms with E-state index in [0.717, 1.165) is 4.47 Å². The van der Waals surface area contributed by atoms with Crippen LogP contribution in [-0.4, -0.2) is 0 Å². The summed E-state index contributed by atoms with van der Waals surface area (Å²) in [4.78, 5) is 0. The molecule has 68 valence electrons. The average molecular weight is 242 g/mol. The number of rotatable bonds is 1. The highest BCUT2D eigenvalue weighted by atomic mass is 79.9. The molecule has 0 saturated carbocycles. The summed E-state index contributed by atoms with van der Waals surface area (Å²) < 4.78 is 13.6.